The second-order valence-corrected chi connectivity index (χ2v) is 3.90. The quantitative estimate of drug-likeness (QED) is 0.855. The summed E-state index contributed by atoms with van der Waals surface area (Å²) in [5, 5.41) is 1.13. The summed E-state index contributed by atoms with van der Waals surface area (Å²) in [5.74, 6) is 0. The van der Waals surface area contributed by atoms with Crippen LogP contribution in [0.4, 0.5) is 0 Å². The van der Waals surface area contributed by atoms with E-state index >= 15 is 0 Å². The van der Waals surface area contributed by atoms with Crippen molar-refractivity contribution >= 4 is 40.1 Å². The fraction of sp³-hybridized carbons (Fsp3) is 0.100. The number of hydrogen-bond acceptors (Lipinski definition) is 3. The molecule has 0 amide bonds. The zero-order chi connectivity index (χ0) is 9.26. The van der Waals surface area contributed by atoms with E-state index in [0.29, 0.717) is 0 Å². The van der Waals surface area contributed by atoms with Gasteiger partial charge in [-0.15, -0.1) is 23.7 Å². The van der Waals surface area contributed by atoms with Gasteiger partial charge in [-0.1, -0.05) is 18.2 Å². The molecule has 2 rings (SSSR count). The van der Waals surface area contributed by atoms with Gasteiger partial charge in [-0.05, 0) is 17.5 Å². The molecule has 73 valence electrons. The highest BCUT2D eigenvalue weighted by Crippen LogP contribution is 2.27. The predicted molar refractivity (Wildman–Crippen MR) is 61.7 cm³/mol. The number of rotatable bonds is 2. The van der Waals surface area contributed by atoms with Crippen molar-refractivity contribution in [3.05, 3.63) is 35.2 Å². The number of thiophene rings is 1. The lowest BCUT2D eigenvalue weighted by Gasteiger charge is -1.94. The van der Waals surface area contributed by atoms with Crippen LogP contribution in [0.5, 0.6) is 0 Å². The maximum absolute atomic E-state index is 10.3. The second-order valence-electron chi connectivity index (χ2n) is 2.78. The molecule has 0 fully saturated rings. The smallest absolute Gasteiger partial charge is 0.222 e. The van der Waals surface area contributed by atoms with Gasteiger partial charge in [0.25, 0.3) is 0 Å². The van der Waals surface area contributed by atoms with Crippen LogP contribution in [0.2, 0.25) is 0 Å². The molecule has 0 aliphatic rings. The normalized spacial score (nSPS) is 12.1. The van der Waals surface area contributed by atoms with Crippen molar-refractivity contribution in [1.29, 1.82) is 0 Å². The van der Waals surface area contributed by atoms with E-state index in [1.54, 1.807) is 17.6 Å². The zero-order valence-corrected chi connectivity index (χ0v) is 8.90. The Morgan fingerprint density at radius 2 is 2.07 bits per heavy atom. The molecule has 4 heteroatoms. The number of hydrogen-bond donors (Lipinski definition) is 1. The molecule has 14 heavy (non-hydrogen) atoms. The molecule has 0 spiro atoms. The topological polar surface area (TPSA) is 43.1 Å². The van der Waals surface area contributed by atoms with Crippen LogP contribution in [0.25, 0.3) is 10.1 Å². The summed E-state index contributed by atoms with van der Waals surface area (Å²) in [6, 6.07) is 9.30. The fourth-order valence-corrected chi connectivity index (χ4v) is 2.22. The van der Waals surface area contributed by atoms with Gasteiger partial charge in [0.1, 0.15) is 6.04 Å². The summed E-state index contributed by atoms with van der Waals surface area (Å²) in [4.78, 5) is 11.2. The van der Waals surface area contributed by atoms with Crippen LogP contribution in [0.15, 0.2) is 30.3 Å². The lowest BCUT2D eigenvalue weighted by atomic mass is 10.2. The Kier molecular flexibility index (Phi) is 3.63. The number of halogens is 1. The maximum atomic E-state index is 10.3. The van der Waals surface area contributed by atoms with E-state index in [9.17, 15) is 4.79 Å². The van der Waals surface area contributed by atoms with Crippen molar-refractivity contribution in [3.63, 3.8) is 0 Å². The summed E-state index contributed by atoms with van der Waals surface area (Å²) in [6.45, 7) is 0. The van der Waals surface area contributed by atoms with Gasteiger partial charge in [-0.3, -0.25) is 4.79 Å². The number of nitrogens with two attached hydrogens (primary N) is 1. The molecule has 1 heterocycles. The molecule has 1 unspecified atom stereocenters. The van der Waals surface area contributed by atoms with Gasteiger partial charge in [-0.2, -0.15) is 0 Å². The minimum absolute atomic E-state index is 0. The third-order valence-electron chi connectivity index (χ3n) is 1.88. The molecule has 1 radical (unpaired) electrons. The molecule has 2 aromatic rings. The standard InChI is InChI=1S/C10H8NOS.ClH/c11-8(6-12)10-5-7-3-1-2-4-9(7)13-10;/h1-5,8H,11H2;1H. The summed E-state index contributed by atoms with van der Waals surface area (Å²) in [6.07, 6.45) is 1.78. The minimum atomic E-state index is -0.600. The van der Waals surface area contributed by atoms with Gasteiger partial charge in [0.2, 0.25) is 6.29 Å². The maximum Gasteiger partial charge on any atom is 0.222 e. The SMILES string of the molecule is Cl.NC([C]=O)c1cc2ccccc2s1. The summed E-state index contributed by atoms with van der Waals surface area (Å²) < 4.78 is 1.16. The Morgan fingerprint density at radius 3 is 2.71 bits per heavy atom. The van der Waals surface area contributed by atoms with Crippen LogP contribution in [-0.2, 0) is 4.79 Å². The van der Waals surface area contributed by atoms with E-state index in [-0.39, 0.29) is 12.4 Å². The first-order valence-corrected chi connectivity index (χ1v) is 4.74. The van der Waals surface area contributed by atoms with Crippen LogP contribution in [0, 0.1) is 0 Å². The van der Waals surface area contributed by atoms with Gasteiger partial charge in [0.15, 0.2) is 0 Å². The molecule has 0 bridgehead atoms. The highest BCUT2D eigenvalue weighted by molar-refractivity contribution is 7.19. The average molecular weight is 227 g/mol. The van der Waals surface area contributed by atoms with Gasteiger partial charge < -0.3 is 5.73 Å². The van der Waals surface area contributed by atoms with Crippen molar-refractivity contribution in [2.45, 2.75) is 6.04 Å². The van der Waals surface area contributed by atoms with Gasteiger partial charge in [0.05, 0.1) is 0 Å². The van der Waals surface area contributed by atoms with Crippen LogP contribution >= 0.6 is 23.7 Å². The first kappa shape index (κ1) is 11.2. The Hall–Kier alpha value is -0.900. The van der Waals surface area contributed by atoms with Crippen molar-refractivity contribution in [2.24, 2.45) is 5.73 Å². The third-order valence-corrected chi connectivity index (χ3v) is 3.08. The highest BCUT2D eigenvalue weighted by Gasteiger charge is 2.08. The van der Waals surface area contributed by atoms with Crippen molar-refractivity contribution in [2.75, 3.05) is 0 Å². The van der Waals surface area contributed by atoms with Crippen molar-refractivity contribution in [1.82, 2.24) is 0 Å². The van der Waals surface area contributed by atoms with E-state index in [1.165, 1.54) is 0 Å². The van der Waals surface area contributed by atoms with Crippen LogP contribution in [0.1, 0.15) is 10.9 Å². The van der Waals surface area contributed by atoms with Gasteiger partial charge in [-0.25, -0.2) is 0 Å². The molecule has 1 aromatic heterocycles. The molecular weight excluding hydrogens is 218 g/mol. The molecule has 2 nitrogen and oxygen atoms in total. The van der Waals surface area contributed by atoms with E-state index < -0.39 is 6.04 Å². The molecule has 0 saturated heterocycles. The molecule has 2 N–H and O–H groups in total. The van der Waals surface area contributed by atoms with E-state index in [2.05, 4.69) is 0 Å². The van der Waals surface area contributed by atoms with E-state index in [4.69, 9.17) is 5.73 Å². The Morgan fingerprint density at radius 1 is 1.36 bits per heavy atom. The Labute approximate surface area is 92.1 Å². The molecule has 0 saturated carbocycles. The molecule has 1 atom stereocenters. The number of carbonyl (C=O) groups excluding carboxylic acids is 1. The predicted octanol–water partition coefficient (Wildman–Crippen LogP) is 2.43. The lowest BCUT2D eigenvalue weighted by Crippen LogP contribution is -2.08. The van der Waals surface area contributed by atoms with Crippen molar-refractivity contribution < 1.29 is 4.79 Å². The second kappa shape index (κ2) is 4.55. The summed E-state index contributed by atoms with van der Waals surface area (Å²) in [5.41, 5.74) is 5.54. The highest BCUT2D eigenvalue weighted by atomic mass is 35.5. The zero-order valence-electron chi connectivity index (χ0n) is 7.27. The van der Waals surface area contributed by atoms with E-state index in [0.717, 1.165) is 15.0 Å². The van der Waals surface area contributed by atoms with Gasteiger partial charge >= 0.3 is 0 Å². The Balaban J connectivity index is 0.000000980. The largest absolute Gasteiger partial charge is 0.317 e. The fourth-order valence-electron chi connectivity index (χ4n) is 1.21. The van der Waals surface area contributed by atoms with Gasteiger partial charge in [0, 0.05) is 9.58 Å². The molecule has 0 aliphatic heterocycles. The molecule has 1 aromatic carbocycles. The average Bonchev–Trinajstić information content (AvgIpc) is 2.59. The third kappa shape index (κ3) is 1.95. The van der Waals surface area contributed by atoms with Crippen LogP contribution in [0.3, 0.4) is 0 Å². The van der Waals surface area contributed by atoms with Crippen LogP contribution in [-0.4, -0.2) is 6.29 Å². The van der Waals surface area contributed by atoms with Crippen LogP contribution < -0.4 is 5.73 Å². The first-order valence-electron chi connectivity index (χ1n) is 3.93. The molecule has 0 aliphatic carbocycles. The minimum Gasteiger partial charge on any atom is -0.317 e. The van der Waals surface area contributed by atoms with E-state index in [1.807, 2.05) is 30.3 Å². The monoisotopic (exact) mass is 226 g/mol. The first-order chi connectivity index (χ1) is 6.31. The summed E-state index contributed by atoms with van der Waals surface area (Å²) >= 11 is 1.54. The number of benzene rings is 1. The summed E-state index contributed by atoms with van der Waals surface area (Å²) in [7, 11) is 0. The Bertz CT molecular complexity index is 407. The van der Waals surface area contributed by atoms with Crippen molar-refractivity contribution in [3.8, 4) is 0 Å². The number of fused-ring (bicyclic) bond motifs is 1. The lowest BCUT2D eigenvalue weighted by molar-refractivity contribution is 0.545. The molecular formula is C10H9ClNOS.